The Kier molecular flexibility index (Phi) is 9.48. The molecule has 2 amide bonds. The van der Waals surface area contributed by atoms with Crippen LogP contribution in [0.25, 0.3) is 0 Å². The highest BCUT2D eigenvalue weighted by atomic mass is 32.1. The van der Waals surface area contributed by atoms with Crippen LogP contribution in [0.15, 0.2) is 42.5 Å². The van der Waals surface area contributed by atoms with Crippen molar-refractivity contribution in [1.29, 1.82) is 0 Å². The van der Waals surface area contributed by atoms with Crippen LogP contribution in [0.5, 0.6) is 11.5 Å². The van der Waals surface area contributed by atoms with E-state index in [9.17, 15) is 9.59 Å². The van der Waals surface area contributed by atoms with E-state index in [4.69, 9.17) is 27.4 Å². The fraction of sp³-hybridized carbons (Fsp3) is 0.444. The smallest absolute Gasteiger partial charge is 0.257 e. The van der Waals surface area contributed by atoms with Gasteiger partial charge in [-0.15, -0.1) is 0 Å². The second-order valence-corrected chi connectivity index (χ2v) is 9.58. The summed E-state index contributed by atoms with van der Waals surface area (Å²) in [7, 11) is 1.55. The molecule has 1 saturated carbocycles. The van der Waals surface area contributed by atoms with E-state index < -0.39 is 5.91 Å². The average Bonchev–Trinajstić information content (AvgIpc) is 2.86. The van der Waals surface area contributed by atoms with E-state index in [0.717, 1.165) is 31.2 Å². The molecule has 2 aromatic carbocycles. The Balaban J connectivity index is 1.76. The van der Waals surface area contributed by atoms with Crippen molar-refractivity contribution >= 4 is 29.1 Å². The van der Waals surface area contributed by atoms with E-state index in [1.54, 1.807) is 13.2 Å². The molecule has 0 unspecified atom stereocenters. The van der Waals surface area contributed by atoms with Crippen molar-refractivity contribution in [1.82, 2.24) is 10.2 Å². The Morgan fingerprint density at radius 1 is 1.09 bits per heavy atom. The van der Waals surface area contributed by atoms with Gasteiger partial charge in [-0.3, -0.25) is 14.9 Å². The molecule has 8 heteroatoms. The number of nitrogens with one attached hydrogen (secondary N) is 1. The van der Waals surface area contributed by atoms with Crippen molar-refractivity contribution in [2.75, 3.05) is 13.7 Å². The fourth-order valence-electron chi connectivity index (χ4n) is 4.30. The van der Waals surface area contributed by atoms with Crippen LogP contribution in [-0.2, 0) is 11.3 Å². The van der Waals surface area contributed by atoms with Crippen molar-refractivity contribution in [2.24, 2.45) is 5.73 Å². The van der Waals surface area contributed by atoms with E-state index in [1.165, 1.54) is 12.0 Å². The summed E-state index contributed by atoms with van der Waals surface area (Å²) in [5, 5.41) is 3.37. The Hall–Kier alpha value is -3.13. The zero-order chi connectivity index (χ0) is 25.4. The molecule has 188 valence electrons. The molecule has 7 nitrogen and oxygen atoms in total. The van der Waals surface area contributed by atoms with Crippen LogP contribution in [-0.4, -0.2) is 41.6 Å². The van der Waals surface area contributed by atoms with Gasteiger partial charge in [-0.2, -0.15) is 0 Å². The van der Waals surface area contributed by atoms with Crippen molar-refractivity contribution in [3.05, 3.63) is 59.2 Å². The number of ether oxygens (including phenoxy) is 2. The largest absolute Gasteiger partial charge is 0.493 e. The number of rotatable bonds is 9. The summed E-state index contributed by atoms with van der Waals surface area (Å²) in [6.07, 6.45) is 5.53. The standard InChI is InChI=1S/C27H35N3O4S/c1-18(2)20-10-12-21(13-11-20)26(32)29-27(35)30(22-7-5-4-6-8-22)16-19-9-14-23(24(15-19)33-3)34-17-25(28)31/h9-15,18,22H,4-8,16-17H2,1-3H3,(H2,28,31)(H,29,32,35). The zero-order valence-corrected chi connectivity index (χ0v) is 21.5. The van der Waals surface area contributed by atoms with Crippen LogP contribution in [0.3, 0.4) is 0 Å². The number of amides is 2. The number of methoxy groups -OCH3 is 1. The normalized spacial score (nSPS) is 13.8. The molecule has 0 heterocycles. The molecule has 0 aromatic heterocycles. The monoisotopic (exact) mass is 497 g/mol. The minimum atomic E-state index is -0.556. The number of nitrogens with zero attached hydrogens (tertiary/aromatic N) is 1. The molecule has 0 aliphatic heterocycles. The number of hydrogen-bond acceptors (Lipinski definition) is 5. The van der Waals surface area contributed by atoms with Gasteiger partial charge in [0.2, 0.25) is 0 Å². The maximum Gasteiger partial charge on any atom is 0.257 e. The van der Waals surface area contributed by atoms with Gasteiger partial charge in [0, 0.05) is 18.2 Å². The average molecular weight is 498 g/mol. The highest BCUT2D eigenvalue weighted by Gasteiger charge is 2.25. The molecule has 0 atom stereocenters. The molecule has 1 aliphatic carbocycles. The maximum atomic E-state index is 12.9. The second kappa shape index (κ2) is 12.5. The molecule has 0 saturated heterocycles. The summed E-state index contributed by atoms with van der Waals surface area (Å²) < 4.78 is 10.9. The van der Waals surface area contributed by atoms with Gasteiger partial charge < -0.3 is 20.1 Å². The molecule has 3 rings (SSSR count). The predicted molar refractivity (Wildman–Crippen MR) is 141 cm³/mol. The Bertz CT molecular complexity index is 1030. The van der Waals surface area contributed by atoms with Crippen molar-refractivity contribution in [3.63, 3.8) is 0 Å². The number of hydrogen-bond donors (Lipinski definition) is 2. The first kappa shape index (κ1) is 26.5. The van der Waals surface area contributed by atoms with Gasteiger partial charge in [-0.1, -0.05) is 51.3 Å². The first-order valence-electron chi connectivity index (χ1n) is 12.1. The zero-order valence-electron chi connectivity index (χ0n) is 20.7. The Morgan fingerprint density at radius 3 is 2.37 bits per heavy atom. The van der Waals surface area contributed by atoms with Gasteiger partial charge in [0.15, 0.2) is 23.2 Å². The van der Waals surface area contributed by atoms with Gasteiger partial charge in [-0.05, 0) is 66.4 Å². The lowest BCUT2D eigenvalue weighted by molar-refractivity contribution is -0.119. The summed E-state index contributed by atoms with van der Waals surface area (Å²) >= 11 is 5.74. The van der Waals surface area contributed by atoms with Crippen molar-refractivity contribution in [2.45, 2.75) is 64.5 Å². The first-order chi connectivity index (χ1) is 16.8. The summed E-state index contributed by atoms with van der Waals surface area (Å²) in [6, 6.07) is 13.4. The third-order valence-corrected chi connectivity index (χ3v) is 6.62. The lowest BCUT2D eigenvalue weighted by Gasteiger charge is -2.36. The van der Waals surface area contributed by atoms with Gasteiger partial charge in [-0.25, -0.2) is 0 Å². The number of primary amides is 1. The molecule has 0 radical (unpaired) electrons. The summed E-state index contributed by atoms with van der Waals surface area (Å²) in [5.74, 6) is 0.588. The number of thiocarbonyl (C=S) groups is 1. The van der Waals surface area contributed by atoms with Crippen LogP contribution in [0.4, 0.5) is 0 Å². The topological polar surface area (TPSA) is 93.9 Å². The van der Waals surface area contributed by atoms with Crippen LogP contribution in [0.1, 0.15) is 73.4 Å². The number of benzene rings is 2. The molecule has 1 fully saturated rings. The molecule has 0 bridgehead atoms. The van der Waals surface area contributed by atoms with Crippen molar-refractivity contribution < 1.29 is 19.1 Å². The molecule has 2 aromatic rings. The lowest BCUT2D eigenvalue weighted by Crippen LogP contribution is -2.48. The molecule has 0 spiro atoms. The molecule has 35 heavy (non-hydrogen) atoms. The molecule has 3 N–H and O–H groups in total. The first-order valence-corrected chi connectivity index (χ1v) is 12.5. The van der Waals surface area contributed by atoms with Gasteiger partial charge in [0.05, 0.1) is 7.11 Å². The predicted octanol–water partition coefficient (Wildman–Crippen LogP) is 4.53. The SMILES string of the molecule is COc1cc(CN(C(=S)NC(=O)c2ccc(C(C)C)cc2)C2CCCCC2)ccc1OCC(N)=O. The summed E-state index contributed by atoms with van der Waals surface area (Å²) in [6.45, 7) is 4.54. The van der Waals surface area contributed by atoms with Crippen LogP contribution >= 0.6 is 12.2 Å². The van der Waals surface area contributed by atoms with Gasteiger partial charge in [0.1, 0.15) is 0 Å². The van der Waals surface area contributed by atoms with E-state index in [1.807, 2.05) is 36.4 Å². The quantitative estimate of drug-likeness (QED) is 0.495. The van der Waals surface area contributed by atoms with Crippen molar-refractivity contribution in [3.8, 4) is 11.5 Å². The highest BCUT2D eigenvalue weighted by Crippen LogP contribution is 2.30. The maximum absolute atomic E-state index is 12.9. The summed E-state index contributed by atoms with van der Waals surface area (Å²) in [5.41, 5.74) is 7.91. The highest BCUT2D eigenvalue weighted by molar-refractivity contribution is 7.80. The lowest BCUT2D eigenvalue weighted by atomic mass is 9.94. The van der Waals surface area contributed by atoms with E-state index in [-0.39, 0.29) is 18.6 Å². The minimum Gasteiger partial charge on any atom is -0.493 e. The van der Waals surface area contributed by atoms with Crippen LogP contribution in [0, 0.1) is 0 Å². The van der Waals surface area contributed by atoms with Crippen LogP contribution < -0.4 is 20.5 Å². The van der Waals surface area contributed by atoms with Crippen LogP contribution in [0.2, 0.25) is 0 Å². The van der Waals surface area contributed by atoms with Gasteiger partial charge in [0.25, 0.3) is 11.8 Å². The Labute approximate surface area is 213 Å². The van der Waals surface area contributed by atoms with E-state index in [2.05, 4.69) is 24.1 Å². The molecule has 1 aliphatic rings. The number of carbonyl (C=O) groups excluding carboxylic acids is 2. The Morgan fingerprint density at radius 2 is 1.77 bits per heavy atom. The molecular formula is C27H35N3O4S. The summed E-state index contributed by atoms with van der Waals surface area (Å²) in [4.78, 5) is 26.1. The third-order valence-electron chi connectivity index (χ3n) is 6.29. The fourth-order valence-corrected chi connectivity index (χ4v) is 4.60. The number of carbonyl (C=O) groups is 2. The second-order valence-electron chi connectivity index (χ2n) is 9.20. The van der Waals surface area contributed by atoms with Gasteiger partial charge >= 0.3 is 0 Å². The minimum absolute atomic E-state index is 0.209. The molecular weight excluding hydrogens is 462 g/mol. The number of nitrogens with two attached hydrogens (primary N) is 1. The third kappa shape index (κ3) is 7.42. The van der Waals surface area contributed by atoms with E-state index >= 15 is 0 Å². The van der Waals surface area contributed by atoms with E-state index in [0.29, 0.717) is 34.6 Å².